The summed E-state index contributed by atoms with van der Waals surface area (Å²) in [5.74, 6) is -1.29. The summed E-state index contributed by atoms with van der Waals surface area (Å²) in [6.07, 6.45) is -5.99. The summed E-state index contributed by atoms with van der Waals surface area (Å²) >= 11 is 0. The first kappa shape index (κ1) is 33.1. The van der Waals surface area contributed by atoms with Crippen LogP contribution in [0.5, 0.6) is 0 Å². The van der Waals surface area contributed by atoms with Gasteiger partial charge in [-0.15, -0.1) is 0 Å². The molecule has 1 aliphatic heterocycles. The number of alkyl halides is 3. The number of amides is 1. The predicted octanol–water partition coefficient (Wildman–Crippen LogP) is 3.35. The molecular weight excluding hydrogens is 627 g/mol. The lowest BCUT2D eigenvalue weighted by Crippen LogP contribution is -2.51. The van der Waals surface area contributed by atoms with E-state index in [-0.39, 0.29) is 25.4 Å². The Morgan fingerprint density at radius 3 is 2.56 bits per heavy atom. The second-order valence-corrected chi connectivity index (χ2v) is 12.2. The van der Waals surface area contributed by atoms with E-state index in [0.717, 1.165) is 23.1 Å². The molecule has 3 heterocycles. The molecule has 5 atom stereocenters. The van der Waals surface area contributed by atoms with Crippen molar-refractivity contribution in [1.82, 2.24) is 24.4 Å². The SMILES string of the molecule is CCCN(C(=O)C(F)(F)F)[C@H]1C[C@@H](n2cnc3c(NCc4ccc(-c5ccccc5C#N)cc4)nc(N4CC[C@@H](N)C4)nc32)[C@H](O)[C@@H]1O. The van der Waals surface area contributed by atoms with Gasteiger partial charge in [-0.1, -0.05) is 49.4 Å². The van der Waals surface area contributed by atoms with Crippen molar-refractivity contribution < 1.29 is 28.2 Å². The Balaban J connectivity index is 1.31. The average Bonchev–Trinajstić information content (AvgIpc) is 3.79. The maximum absolute atomic E-state index is 13.5. The van der Waals surface area contributed by atoms with Gasteiger partial charge >= 0.3 is 12.1 Å². The van der Waals surface area contributed by atoms with Crippen LogP contribution >= 0.6 is 0 Å². The summed E-state index contributed by atoms with van der Waals surface area (Å²) in [4.78, 5) is 28.9. The summed E-state index contributed by atoms with van der Waals surface area (Å²) < 4.78 is 41.9. The van der Waals surface area contributed by atoms with E-state index in [1.165, 1.54) is 6.33 Å². The van der Waals surface area contributed by atoms with Crippen LogP contribution in [0.2, 0.25) is 0 Å². The van der Waals surface area contributed by atoms with E-state index in [4.69, 9.17) is 15.7 Å². The molecule has 0 unspecified atom stereocenters. The van der Waals surface area contributed by atoms with Crippen molar-refractivity contribution >= 4 is 28.8 Å². The number of nitriles is 1. The minimum Gasteiger partial charge on any atom is -0.388 e. The zero-order valence-electron chi connectivity index (χ0n) is 26.2. The fourth-order valence-corrected chi connectivity index (χ4v) is 6.59. The van der Waals surface area contributed by atoms with Gasteiger partial charge in [-0.2, -0.15) is 28.4 Å². The largest absolute Gasteiger partial charge is 0.471 e. The Labute approximate surface area is 274 Å². The second kappa shape index (κ2) is 13.4. The van der Waals surface area contributed by atoms with E-state index in [1.807, 2.05) is 47.4 Å². The first-order chi connectivity index (χ1) is 23.0. The van der Waals surface area contributed by atoms with Gasteiger partial charge in [0.1, 0.15) is 12.2 Å². The van der Waals surface area contributed by atoms with Crippen LogP contribution < -0.4 is 16.0 Å². The highest BCUT2D eigenvalue weighted by Crippen LogP contribution is 2.38. The van der Waals surface area contributed by atoms with Crippen LogP contribution in [0.15, 0.2) is 54.9 Å². The van der Waals surface area contributed by atoms with Crippen molar-refractivity contribution in [2.24, 2.45) is 5.73 Å². The fraction of sp³-hybridized carbons (Fsp3) is 0.424. The molecule has 5 N–H and O–H groups in total. The highest BCUT2D eigenvalue weighted by Gasteiger charge is 2.51. The number of carbonyl (C=O) groups excluding carboxylic acids is 1. The number of anilines is 2. The van der Waals surface area contributed by atoms with Gasteiger partial charge in [0.15, 0.2) is 17.0 Å². The van der Waals surface area contributed by atoms with Gasteiger partial charge in [-0.25, -0.2) is 4.98 Å². The molecule has 252 valence electrons. The predicted molar refractivity (Wildman–Crippen MR) is 172 cm³/mol. The molecule has 1 aliphatic carbocycles. The Morgan fingerprint density at radius 2 is 1.90 bits per heavy atom. The van der Waals surface area contributed by atoms with Crippen LogP contribution in [0.4, 0.5) is 24.9 Å². The van der Waals surface area contributed by atoms with Crippen LogP contribution in [0.25, 0.3) is 22.3 Å². The van der Waals surface area contributed by atoms with Gasteiger partial charge in [0, 0.05) is 32.2 Å². The maximum atomic E-state index is 13.5. The first-order valence-electron chi connectivity index (χ1n) is 15.8. The Morgan fingerprint density at radius 1 is 1.15 bits per heavy atom. The Kier molecular flexibility index (Phi) is 9.24. The lowest BCUT2D eigenvalue weighted by molar-refractivity contribution is -0.190. The zero-order chi connectivity index (χ0) is 34.2. The molecule has 0 bridgehead atoms. The number of hydrogen-bond acceptors (Lipinski definition) is 10. The van der Waals surface area contributed by atoms with Crippen LogP contribution in [0, 0.1) is 11.3 Å². The van der Waals surface area contributed by atoms with Crippen LogP contribution in [0.3, 0.4) is 0 Å². The number of fused-ring (bicyclic) bond motifs is 1. The number of aromatic nitrogens is 4. The number of carbonyl (C=O) groups is 1. The molecule has 2 aromatic carbocycles. The standard InChI is InChI=1S/C33H36F3N9O3/c1-2-12-44(31(48)33(34,35)36)24-14-25(28(47)27(24)46)45-18-40-26-29(41-32(42-30(26)45)43-13-11-22(38)17-43)39-16-19-7-9-20(10-8-19)23-6-4-3-5-21(23)15-37/h3-10,18,22,24-25,27-28,46-47H,2,11-14,16-17,38H2,1H3,(H,39,41,42)/t22-,24+,25-,27-,28+/m1/s1. The van der Waals surface area contributed by atoms with Gasteiger partial charge in [0.25, 0.3) is 0 Å². The molecule has 1 amide bonds. The van der Waals surface area contributed by atoms with Crippen molar-refractivity contribution in [3.8, 4) is 17.2 Å². The number of nitrogens with two attached hydrogens (primary N) is 1. The van der Waals surface area contributed by atoms with Crippen LogP contribution in [-0.4, -0.2) is 90.6 Å². The number of benzene rings is 2. The average molecular weight is 664 g/mol. The van der Waals surface area contributed by atoms with E-state index in [0.29, 0.717) is 53.0 Å². The van der Waals surface area contributed by atoms with Crippen molar-refractivity contribution in [3.05, 3.63) is 66.0 Å². The summed E-state index contributed by atoms with van der Waals surface area (Å²) in [6.45, 7) is 2.89. The van der Waals surface area contributed by atoms with Gasteiger partial charge in [0.2, 0.25) is 5.95 Å². The van der Waals surface area contributed by atoms with E-state index < -0.39 is 36.4 Å². The Hall–Kier alpha value is -4.78. The number of halogens is 3. The molecular formula is C33H36F3N9O3. The summed E-state index contributed by atoms with van der Waals surface area (Å²) in [5.41, 5.74) is 10.1. The van der Waals surface area contributed by atoms with Gasteiger partial charge in [0.05, 0.1) is 30.0 Å². The molecule has 15 heteroatoms. The van der Waals surface area contributed by atoms with Gasteiger partial charge in [-0.3, -0.25) is 4.79 Å². The fourth-order valence-electron chi connectivity index (χ4n) is 6.59. The quantitative estimate of drug-likeness (QED) is 0.208. The first-order valence-corrected chi connectivity index (χ1v) is 15.8. The molecule has 1 saturated carbocycles. The molecule has 48 heavy (non-hydrogen) atoms. The van der Waals surface area contributed by atoms with Crippen molar-refractivity contribution in [2.75, 3.05) is 29.9 Å². The molecule has 0 spiro atoms. The smallest absolute Gasteiger partial charge is 0.388 e. The lowest BCUT2D eigenvalue weighted by Gasteiger charge is -2.31. The number of aliphatic hydroxyl groups is 2. The molecule has 6 rings (SSSR count). The minimum atomic E-state index is -5.12. The Bertz CT molecular complexity index is 1830. The highest BCUT2D eigenvalue weighted by molar-refractivity contribution is 5.85. The van der Waals surface area contributed by atoms with Crippen molar-refractivity contribution in [2.45, 2.75) is 69.2 Å². The van der Waals surface area contributed by atoms with E-state index >= 15 is 0 Å². The third-order valence-electron chi connectivity index (χ3n) is 9.04. The highest BCUT2D eigenvalue weighted by atomic mass is 19.4. The van der Waals surface area contributed by atoms with Crippen LogP contribution in [-0.2, 0) is 11.3 Å². The number of nitrogens with zero attached hydrogens (tertiary/aromatic N) is 7. The normalized spacial score (nSPS) is 22.6. The summed E-state index contributed by atoms with van der Waals surface area (Å²) in [6, 6.07) is 15.1. The molecule has 4 aromatic rings. The molecule has 12 nitrogen and oxygen atoms in total. The van der Waals surface area contributed by atoms with Crippen LogP contribution in [0.1, 0.15) is 43.4 Å². The van der Waals surface area contributed by atoms with Crippen molar-refractivity contribution in [3.63, 3.8) is 0 Å². The number of nitrogens with one attached hydrogen (secondary N) is 1. The summed E-state index contributed by atoms with van der Waals surface area (Å²) in [7, 11) is 0. The molecule has 0 radical (unpaired) electrons. The number of hydrogen-bond donors (Lipinski definition) is 4. The van der Waals surface area contributed by atoms with E-state index in [2.05, 4.69) is 16.4 Å². The third kappa shape index (κ3) is 6.38. The van der Waals surface area contributed by atoms with E-state index in [9.17, 15) is 33.4 Å². The van der Waals surface area contributed by atoms with Crippen molar-refractivity contribution in [1.29, 1.82) is 5.26 Å². The molecule has 1 saturated heterocycles. The second-order valence-electron chi connectivity index (χ2n) is 12.2. The number of rotatable bonds is 9. The topological polar surface area (TPSA) is 169 Å². The number of aliphatic hydroxyl groups excluding tert-OH is 2. The van der Waals surface area contributed by atoms with Gasteiger partial charge < -0.3 is 35.6 Å². The third-order valence-corrected chi connectivity index (χ3v) is 9.04. The molecule has 2 aliphatic rings. The molecule has 2 aromatic heterocycles. The minimum absolute atomic E-state index is 0.0708. The van der Waals surface area contributed by atoms with E-state index in [1.54, 1.807) is 17.6 Å². The maximum Gasteiger partial charge on any atom is 0.471 e. The monoisotopic (exact) mass is 663 g/mol. The van der Waals surface area contributed by atoms with Gasteiger partial charge in [-0.05, 0) is 42.0 Å². The number of imidazole rings is 1. The zero-order valence-corrected chi connectivity index (χ0v) is 26.2. The molecule has 2 fully saturated rings. The lowest BCUT2D eigenvalue weighted by atomic mass is 9.99. The summed E-state index contributed by atoms with van der Waals surface area (Å²) in [5, 5.41) is 34.9.